The van der Waals surface area contributed by atoms with Gasteiger partial charge < -0.3 is 24.7 Å². The van der Waals surface area contributed by atoms with E-state index in [1.54, 1.807) is 0 Å². The van der Waals surface area contributed by atoms with E-state index in [9.17, 15) is 4.79 Å². The van der Waals surface area contributed by atoms with Crippen LogP contribution in [-0.2, 0) is 23.7 Å². The van der Waals surface area contributed by atoms with Gasteiger partial charge in [-0.15, -0.1) is 0 Å². The molecule has 6 heteroatoms. The fourth-order valence-corrected chi connectivity index (χ4v) is 2.09. The van der Waals surface area contributed by atoms with Gasteiger partial charge in [-0.05, 0) is 18.8 Å². The van der Waals surface area contributed by atoms with Crippen LogP contribution in [0.15, 0.2) is 0 Å². The summed E-state index contributed by atoms with van der Waals surface area (Å²) in [5, 5.41) is 0. The molecule has 0 radical (unpaired) electrons. The molecule has 0 aromatic heterocycles. The first kappa shape index (κ1) is 19.4. The van der Waals surface area contributed by atoms with Crippen molar-refractivity contribution in [3.8, 4) is 0 Å². The lowest BCUT2D eigenvalue weighted by Gasteiger charge is -2.31. The van der Waals surface area contributed by atoms with E-state index in [2.05, 4.69) is 27.7 Å². The molecule has 2 N–H and O–H groups in total. The zero-order valence-electron chi connectivity index (χ0n) is 14.4. The first-order chi connectivity index (χ1) is 10.3. The van der Waals surface area contributed by atoms with Gasteiger partial charge in [0.2, 0.25) is 0 Å². The van der Waals surface area contributed by atoms with Gasteiger partial charge in [-0.2, -0.15) is 0 Å². The van der Waals surface area contributed by atoms with Gasteiger partial charge in [0, 0.05) is 13.2 Å². The lowest BCUT2D eigenvalue weighted by Crippen LogP contribution is -2.44. The minimum absolute atomic E-state index is 0.123. The molecule has 1 saturated heterocycles. The van der Waals surface area contributed by atoms with Crippen LogP contribution in [0, 0.1) is 11.8 Å². The van der Waals surface area contributed by atoms with Crippen molar-refractivity contribution in [1.82, 2.24) is 0 Å². The summed E-state index contributed by atoms with van der Waals surface area (Å²) in [5.41, 5.74) is 5.73. The van der Waals surface area contributed by atoms with Crippen LogP contribution in [0.4, 0.5) is 0 Å². The quantitative estimate of drug-likeness (QED) is 0.745. The highest BCUT2D eigenvalue weighted by Gasteiger charge is 2.34. The molecular weight excluding hydrogens is 286 g/mol. The van der Waals surface area contributed by atoms with Crippen LogP contribution in [-0.4, -0.2) is 56.8 Å². The molecule has 22 heavy (non-hydrogen) atoms. The van der Waals surface area contributed by atoms with E-state index < -0.39 is 12.0 Å². The van der Waals surface area contributed by atoms with Crippen LogP contribution < -0.4 is 5.73 Å². The van der Waals surface area contributed by atoms with E-state index in [4.69, 9.17) is 24.7 Å². The van der Waals surface area contributed by atoms with Crippen LogP contribution in [0.25, 0.3) is 0 Å². The maximum Gasteiger partial charge on any atom is 0.325 e. The van der Waals surface area contributed by atoms with Crippen LogP contribution in [0.1, 0.15) is 34.6 Å². The Kier molecular flexibility index (Phi) is 8.31. The maximum atomic E-state index is 11.8. The molecule has 0 unspecified atom stereocenters. The molecule has 0 aromatic rings. The lowest BCUT2D eigenvalue weighted by molar-refractivity contribution is -0.160. The summed E-state index contributed by atoms with van der Waals surface area (Å²) in [4.78, 5) is 11.8. The van der Waals surface area contributed by atoms with Crippen molar-refractivity contribution in [2.75, 3.05) is 26.4 Å². The second-order valence-corrected chi connectivity index (χ2v) is 6.73. The second kappa shape index (κ2) is 9.45. The van der Waals surface area contributed by atoms with Gasteiger partial charge in [0.05, 0.1) is 12.7 Å². The third-order valence-electron chi connectivity index (χ3n) is 3.33. The molecule has 1 fully saturated rings. The van der Waals surface area contributed by atoms with Crippen LogP contribution in [0.5, 0.6) is 0 Å². The smallest absolute Gasteiger partial charge is 0.325 e. The Bertz CT molecular complexity index is 334. The van der Waals surface area contributed by atoms with Gasteiger partial charge in [-0.3, -0.25) is 4.79 Å². The van der Waals surface area contributed by atoms with Crippen molar-refractivity contribution in [3.05, 3.63) is 0 Å². The molecule has 0 aliphatic carbocycles. The zero-order chi connectivity index (χ0) is 16.7. The Morgan fingerprint density at radius 2 is 1.73 bits per heavy atom. The molecule has 4 atom stereocenters. The van der Waals surface area contributed by atoms with Crippen molar-refractivity contribution in [3.63, 3.8) is 0 Å². The normalized spacial score (nSPS) is 30.8. The summed E-state index contributed by atoms with van der Waals surface area (Å²) in [6.07, 6.45) is -0.874. The molecule has 0 saturated carbocycles. The molecular formula is C16H31NO5. The van der Waals surface area contributed by atoms with Gasteiger partial charge in [-0.25, -0.2) is 0 Å². The van der Waals surface area contributed by atoms with Gasteiger partial charge in [0.25, 0.3) is 0 Å². The van der Waals surface area contributed by atoms with E-state index in [-0.39, 0.29) is 31.5 Å². The van der Waals surface area contributed by atoms with E-state index in [0.29, 0.717) is 25.0 Å². The lowest BCUT2D eigenvalue weighted by atomic mass is 10.1. The summed E-state index contributed by atoms with van der Waals surface area (Å²) in [5.74, 6) is 0.317. The number of carbonyl (C=O) groups is 1. The number of carbonyl (C=O) groups excluding carboxylic acids is 1. The number of hydrogen-bond acceptors (Lipinski definition) is 6. The van der Waals surface area contributed by atoms with E-state index in [1.165, 1.54) is 0 Å². The molecule has 0 aromatic carbocycles. The predicted molar refractivity (Wildman–Crippen MR) is 83.5 cm³/mol. The minimum atomic E-state index is -0.767. The van der Waals surface area contributed by atoms with E-state index in [1.807, 2.05) is 6.92 Å². The molecule has 1 rings (SSSR count). The zero-order valence-corrected chi connectivity index (χ0v) is 14.4. The van der Waals surface area contributed by atoms with Gasteiger partial charge >= 0.3 is 5.97 Å². The van der Waals surface area contributed by atoms with Gasteiger partial charge in [0.15, 0.2) is 0 Å². The highest BCUT2D eigenvalue weighted by atomic mass is 16.6. The summed E-state index contributed by atoms with van der Waals surface area (Å²) < 4.78 is 22.8. The highest BCUT2D eigenvalue weighted by molar-refractivity contribution is 5.75. The molecule has 1 heterocycles. The number of ether oxygens (including phenoxy) is 4. The minimum Gasteiger partial charge on any atom is -0.462 e. The first-order valence-electron chi connectivity index (χ1n) is 8.08. The van der Waals surface area contributed by atoms with E-state index in [0.717, 1.165) is 0 Å². The monoisotopic (exact) mass is 317 g/mol. The largest absolute Gasteiger partial charge is 0.462 e. The number of esters is 1. The SMILES string of the molecule is CC(C)CO[C@H]1[C@H](C)OC[C@H](N)C(=O)OC[C@@H]1OCC(C)C. The third kappa shape index (κ3) is 6.60. The summed E-state index contributed by atoms with van der Waals surface area (Å²) in [6.45, 7) is 11.7. The molecule has 0 amide bonds. The summed E-state index contributed by atoms with van der Waals surface area (Å²) in [7, 11) is 0. The Labute approximate surface area is 133 Å². The summed E-state index contributed by atoms with van der Waals surface area (Å²) >= 11 is 0. The Balaban J connectivity index is 2.80. The van der Waals surface area contributed by atoms with Crippen LogP contribution >= 0.6 is 0 Å². The first-order valence-corrected chi connectivity index (χ1v) is 8.08. The Morgan fingerprint density at radius 1 is 1.14 bits per heavy atom. The molecule has 1 aliphatic heterocycles. The average Bonchev–Trinajstić information content (AvgIpc) is 2.49. The fourth-order valence-electron chi connectivity index (χ4n) is 2.09. The molecule has 130 valence electrons. The maximum absolute atomic E-state index is 11.8. The predicted octanol–water partition coefficient (Wildman–Crippen LogP) is 1.36. The third-order valence-corrected chi connectivity index (χ3v) is 3.33. The standard InChI is InChI=1S/C16H31NO5/c1-10(2)6-20-14-9-22-16(18)13(17)8-19-12(5)15(14)21-7-11(3)4/h10-15H,6-9,17H2,1-5H3/t12-,13-,14-,15-/m0/s1. The molecule has 6 nitrogen and oxygen atoms in total. The number of cyclic esters (lactones) is 1. The van der Waals surface area contributed by atoms with Crippen LogP contribution in [0.2, 0.25) is 0 Å². The van der Waals surface area contributed by atoms with Crippen molar-refractivity contribution in [2.24, 2.45) is 17.6 Å². The van der Waals surface area contributed by atoms with Crippen molar-refractivity contribution in [1.29, 1.82) is 0 Å². The van der Waals surface area contributed by atoms with Crippen molar-refractivity contribution < 1.29 is 23.7 Å². The average molecular weight is 317 g/mol. The Morgan fingerprint density at radius 3 is 2.32 bits per heavy atom. The fraction of sp³-hybridized carbons (Fsp3) is 0.938. The van der Waals surface area contributed by atoms with Crippen molar-refractivity contribution in [2.45, 2.75) is 59.0 Å². The van der Waals surface area contributed by atoms with Gasteiger partial charge in [-0.1, -0.05) is 27.7 Å². The van der Waals surface area contributed by atoms with Gasteiger partial charge in [0.1, 0.15) is 24.9 Å². The number of hydrogen-bond donors (Lipinski definition) is 1. The molecule has 1 aliphatic rings. The number of rotatable bonds is 6. The highest BCUT2D eigenvalue weighted by Crippen LogP contribution is 2.17. The van der Waals surface area contributed by atoms with E-state index >= 15 is 0 Å². The van der Waals surface area contributed by atoms with Crippen molar-refractivity contribution >= 4 is 5.97 Å². The summed E-state index contributed by atoms with van der Waals surface area (Å²) in [6, 6.07) is -0.767. The Hall–Kier alpha value is -0.690. The number of nitrogens with two attached hydrogens (primary N) is 1. The van der Waals surface area contributed by atoms with Crippen LogP contribution in [0.3, 0.4) is 0 Å². The topological polar surface area (TPSA) is 80.0 Å². The molecule has 0 bridgehead atoms. The second-order valence-electron chi connectivity index (χ2n) is 6.73. The molecule has 0 spiro atoms.